The third-order valence-corrected chi connectivity index (χ3v) is 7.69. The topological polar surface area (TPSA) is 89.4 Å². The average molecular weight is 494 g/mol. The lowest BCUT2D eigenvalue weighted by Gasteiger charge is -2.23. The summed E-state index contributed by atoms with van der Waals surface area (Å²) in [5.74, 6) is 2.28. The van der Waals surface area contributed by atoms with E-state index in [9.17, 15) is 8.42 Å². The van der Waals surface area contributed by atoms with E-state index in [0.717, 1.165) is 16.7 Å². The third-order valence-electron chi connectivity index (χ3n) is 6.49. The Labute approximate surface area is 208 Å². The summed E-state index contributed by atoms with van der Waals surface area (Å²) >= 11 is 0. The highest BCUT2D eigenvalue weighted by Gasteiger charge is 2.30. The zero-order valence-corrected chi connectivity index (χ0v) is 21.8. The van der Waals surface area contributed by atoms with Crippen LogP contribution in [0.15, 0.2) is 65.2 Å². The molecule has 1 aliphatic rings. The molecule has 3 aromatic rings. The fraction of sp³-hybridized carbons (Fsp3) is 0.393. The number of aromatic nitrogens is 1. The standard InChI is InChI=1S/C28H35N3O3S/c1-5-13-31(35(4,32)33)25-16-22(11-12-23-14-20(23)2)15-24(17-25)27-30-19-26(34-27)28(3,29)18-21-9-7-6-8-10-21/h6-12,15-17,19-20,23H,5,13-14,18,29H2,1-4H3/t20?,23?,28-/m1/s1. The molecule has 3 atom stereocenters. The summed E-state index contributed by atoms with van der Waals surface area (Å²) < 4.78 is 32.7. The van der Waals surface area contributed by atoms with E-state index < -0.39 is 15.6 Å². The van der Waals surface area contributed by atoms with E-state index >= 15 is 0 Å². The monoisotopic (exact) mass is 493 g/mol. The van der Waals surface area contributed by atoms with E-state index in [-0.39, 0.29) is 0 Å². The third kappa shape index (κ3) is 6.21. The molecule has 0 spiro atoms. The van der Waals surface area contributed by atoms with Gasteiger partial charge in [0.05, 0.1) is 23.7 Å². The Kier molecular flexibility index (Phi) is 7.20. The van der Waals surface area contributed by atoms with Crippen molar-refractivity contribution in [3.8, 4) is 11.5 Å². The first-order valence-electron chi connectivity index (χ1n) is 12.2. The van der Waals surface area contributed by atoms with E-state index in [1.807, 2.05) is 62.4 Å². The van der Waals surface area contributed by atoms with Crippen LogP contribution in [0.4, 0.5) is 5.69 Å². The Bertz CT molecular complexity index is 1300. The Morgan fingerprint density at radius 2 is 1.94 bits per heavy atom. The summed E-state index contributed by atoms with van der Waals surface area (Å²) in [4.78, 5) is 4.52. The first-order chi connectivity index (χ1) is 16.6. The highest BCUT2D eigenvalue weighted by Crippen LogP contribution is 2.39. The number of anilines is 1. The molecule has 1 aliphatic carbocycles. The van der Waals surface area contributed by atoms with Gasteiger partial charge in [-0.25, -0.2) is 13.4 Å². The molecular formula is C28H35N3O3S. The summed E-state index contributed by atoms with van der Waals surface area (Å²) in [6.45, 7) is 6.53. The molecule has 0 saturated heterocycles. The number of nitrogens with zero attached hydrogens (tertiary/aromatic N) is 2. The van der Waals surface area contributed by atoms with Gasteiger partial charge in [-0.05, 0) is 67.3 Å². The van der Waals surface area contributed by atoms with Gasteiger partial charge in [0.15, 0.2) is 0 Å². The first kappa shape index (κ1) is 25.2. The SMILES string of the molecule is CCCN(c1cc(C=CC2CC2C)cc(-c2ncc([C@](C)(N)Cc3ccccc3)o2)c1)S(C)(=O)=O. The van der Waals surface area contributed by atoms with Crippen molar-refractivity contribution >= 4 is 21.8 Å². The van der Waals surface area contributed by atoms with Gasteiger partial charge >= 0.3 is 0 Å². The Balaban J connectivity index is 1.70. The van der Waals surface area contributed by atoms with Crippen LogP contribution in [0.25, 0.3) is 17.5 Å². The quantitative estimate of drug-likeness (QED) is 0.397. The van der Waals surface area contributed by atoms with Crippen LogP contribution >= 0.6 is 0 Å². The molecule has 1 aromatic heterocycles. The zero-order valence-electron chi connectivity index (χ0n) is 20.9. The second-order valence-corrected chi connectivity index (χ2v) is 11.9. The molecule has 7 heteroatoms. The minimum absolute atomic E-state index is 0.403. The summed E-state index contributed by atoms with van der Waals surface area (Å²) in [5, 5.41) is 0. The van der Waals surface area contributed by atoms with E-state index in [2.05, 4.69) is 24.1 Å². The summed E-state index contributed by atoms with van der Waals surface area (Å²) in [7, 11) is -3.44. The maximum atomic E-state index is 12.6. The summed E-state index contributed by atoms with van der Waals surface area (Å²) in [6, 6.07) is 15.8. The van der Waals surface area contributed by atoms with E-state index in [1.165, 1.54) is 17.0 Å². The molecule has 0 bridgehead atoms. The number of sulfonamides is 1. The van der Waals surface area contributed by atoms with Crippen molar-refractivity contribution in [1.29, 1.82) is 0 Å². The lowest BCUT2D eigenvalue weighted by atomic mass is 9.92. The minimum atomic E-state index is -3.44. The number of nitrogens with two attached hydrogens (primary N) is 1. The lowest BCUT2D eigenvalue weighted by molar-refractivity contribution is 0.371. The number of benzene rings is 2. The van der Waals surface area contributed by atoms with Gasteiger partial charge in [0.1, 0.15) is 5.76 Å². The maximum absolute atomic E-state index is 12.6. The van der Waals surface area contributed by atoms with Gasteiger partial charge in [-0.3, -0.25) is 4.31 Å². The van der Waals surface area contributed by atoms with Crippen LogP contribution in [0.5, 0.6) is 0 Å². The van der Waals surface area contributed by atoms with Gasteiger partial charge < -0.3 is 10.2 Å². The number of hydrogen-bond donors (Lipinski definition) is 1. The van der Waals surface area contributed by atoms with Crippen LogP contribution < -0.4 is 10.0 Å². The maximum Gasteiger partial charge on any atom is 0.232 e. The van der Waals surface area contributed by atoms with Crippen molar-refractivity contribution < 1.29 is 12.8 Å². The smallest absolute Gasteiger partial charge is 0.232 e. The Hall–Kier alpha value is -2.90. The largest absolute Gasteiger partial charge is 0.439 e. The molecule has 0 aliphatic heterocycles. The molecule has 6 nitrogen and oxygen atoms in total. The fourth-order valence-electron chi connectivity index (χ4n) is 4.32. The molecule has 1 saturated carbocycles. The Morgan fingerprint density at radius 1 is 1.23 bits per heavy atom. The molecule has 1 heterocycles. The van der Waals surface area contributed by atoms with E-state index in [4.69, 9.17) is 10.2 Å². The van der Waals surface area contributed by atoms with Gasteiger partial charge in [0.2, 0.25) is 15.9 Å². The highest BCUT2D eigenvalue weighted by molar-refractivity contribution is 7.92. The van der Waals surface area contributed by atoms with Crippen LogP contribution in [0.3, 0.4) is 0 Å². The highest BCUT2D eigenvalue weighted by atomic mass is 32.2. The van der Waals surface area contributed by atoms with Crippen LogP contribution in [-0.4, -0.2) is 26.2 Å². The van der Waals surface area contributed by atoms with Gasteiger partial charge in [-0.1, -0.05) is 56.3 Å². The predicted molar refractivity (Wildman–Crippen MR) is 142 cm³/mol. The van der Waals surface area contributed by atoms with Gasteiger partial charge in [-0.2, -0.15) is 0 Å². The summed E-state index contributed by atoms with van der Waals surface area (Å²) in [6.07, 6.45) is 9.69. The number of rotatable bonds is 10. The lowest BCUT2D eigenvalue weighted by Crippen LogP contribution is -2.35. The fourth-order valence-corrected chi connectivity index (χ4v) is 5.32. The molecule has 1 fully saturated rings. The predicted octanol–water partition coefficient (Wildman–Crippen LogP) is 5.60. The van der Waals surface area contributed by atoms with Crippen molar-refractivity contribution in [2.45, 2.75) is 45.6 Å². The second kappa shape index (κ2) is 9.99. The second-order valence-electron chi connectivity index (χ2n) is 9.99. The van der Waals surface area contributed by atoms with Crippen LogP contribution in [0, 0.1) is 11.8 Å². The van der Waals surface area contributed by atoms with Gasteiger partial charge in [0.25, 0.3) is 0 Å². The van der Waals surface area contributed by atoms with Crippen molar-refractivity contribution in [1.82, 2.24) is 4.98 Å². The normalized spacial score (nSPS) is 19.6. The van der Waals surface area contributed by atoms with Crippen LogP contribution in [0.2, 0.25) is 0 Å². The molecular weight excluding hydrogens is 458 g/mol. The molecule has 2 N–H and O–H groups in total. The molecule has 2 unspecified atom stereocenters. The first-order valence-corrected chi connectivity index (χ1v) is 14.0. The zero-order chi connectivity index (χ0) is 25.2. The molecule has 0 amide bonds. The molecule has 2 aromatic carbocycles. The van der Waals surface area contributed by atoms with Crippen LogP contribution in [0.1, 0.15) is 50.5 Å². The molecule has 186 valence electrons. The van der Waals surface area contributed by atoms with Gasteiger partial charge in [0, 0.05) is 12.1 Å². The van der Waals surface area contributed by atoms with Crippen molar-refractivity contribution in [3.63, 3.8) is 0 Å². The van der Waals surface area contributed by atoms with Crippen LogP contribution in [-0.2, 0) is 22.0 Å². The number of allylic oxidation sites excluding steroid dienone is 1. The number of oxazole rings is 1. The molecule has 0 radical (unpaired) electrons. The number of hydrogen-bond acceptors (Lipinski definition) is 5. The molecule has 35 heavy (non-hydrogen) atoms. The van der Waals surface area contributed by atoms with Crippen molar-refractivity contribution in [3.05, 3.63) is 77.7 Å². The summed E-state index contributed by atoms with van der Waals surface area (Å²) in [5.41, 5.74) is 9.25. The van der Waals surface area contributed by atoms with E-state index in [1.54, 1.807) is 6.20 Å². The minimum Gasteiger partial charge on any atom is -0.439 e. The average Bonchev–Trinajstić information content (AvgIpc) is 3.28. The van der Waals surface area contributed by atoms with Gasteiger partial charge in [-0.15, -0.1) is 0 Å². The van der Waals surface area contributed by atoms with E-state index in [0.29, 0.717) is 48.6 Å². The molecule has 4 rings (SSSR count). The van der Waals surface area contributed by atoms with Crippen molar-refractivity contribution in [2.75, 3.05) is 17.1 Å². The Morgan fingerprint density at radius 3 is 2.57 bits per heavy atom. The van der Waals surface area contributed by atoms with Crippen molar-refractivity contribution in [2.24, 2.45) is 17.6 Å².